The van der Waals surface area contributed by atoms with Crippen molar-refractivity contribution in [2.45, 2.75) is 70.7 Å². The molecule has 2 saturated heterocycles. The third kappa shape index (κ3) is 9.78. The van der Waals surface area contributed by atoms with Crippen LogP contribution in [-0.4, -0.2) is 92.9 Å². The second-order valence-electron chi connectivity index (χ2n) is 16.9. The molecule has 5 heterocycles. The first-order chi connectivity index (χ1) is 31.9. The molecule has 19 heteroatoms. The maximum Gasteiger partial charge on any atom is 0.418 e. The van der Waals surface area contributed by atoms with Crippen LogP contribution in [0.1, 0.15) is 57.0 Å². The molecule has 66 heavy (non-hydrogen) atoms. The fourth-order valence-corrected chi connectivity index (χ4v) is 8.80. The predicted octanol–water partition coefficient (Wildman–Crippen LogP) is 5.11. The Morgan fingerprint density at radius 1 is 1.00 bits per heavy atom. The van der Waals surface area contributed by atoms with Gasteiger partial charge in [0, 0.05) is 92.5 Å². The van der Waals surface area contributed by atoms with Crippen LogP contribution >= 0.6 is 0 Å². The Kier molecular flexibility index (Phi) is 13.8. The monoisotopic (exact) mass is 908 g/mol. The zero-order valence-corrected chi connectivity index (χ0v) is 37.5. The first kappa shape index (κ1) is 45.9. The minimum Gasteiger partial charge on any atom is -0.493 e. The average Bonchev–Trinajstić information content (AvgIpc) is 4.07. The van der Waals surface area contributed by atoms with Crippen LogP contribution < -0.4 is 35.4 Å². The first-order valence-corrected chi connectivity index (χ1v) is 22.1. The number of rotatable bonds is 16. The van der Waals surface area contributed by atoms with E-state index in [9.17, 15) is 19.1 Å². The van der Waals surface area contributed by atoms with Crippen molar-refractivity contribution >= 4 is 23.3 Å². The molecule has 0 saturated carbocycles. The minimum absolute atomic E-state index is 0.0967. The SMILES string of the molecule is CC[C@@H]([C@H](C)O)n1ncn(-c2ccc(N3CCN(c4ccc(OC[C@@H]5CO[C@@](Cn6c[n+](C(C)OC(=O)N(C)c7ncccc7CN)cn6)(c6ccc(F)cc6F)C5)cc4)CC3)cc2)c1=O. The van der Waals surface area contributed by atoms with Gasteiger partial charge in [-0.1, -0.05) is 19.1 Å². The summed E-state index contributed by atoms with van der Waals surface area (Å²) in [4.78, 5) is 36.3. The molecule has 17 nitrogen and oxygen atoms in total. The largest absolute Gasteiger partial charge is 0.493 e. The number of amides is 1. The highest BCUT2D eigenvalue weighted by Gasteiger charge is 2.46. The van der Waals surface area contributed by atoms with Crippen LogP contribution in [0.3, 0.4) is 0 Å². The highest BCUT2D eigenvalue weighted by Crippen LogP contribution is 2.42. The summed E-state index contributed by atoms with van der Waals surface area (Å²) in [6.07, 6.45) is 5.08. The Hall–Kier alpha value is -6.70. The highest BCUT2D eigenvalue weighted by atomic mass is 19.1. The van der Waals surface area contributed by atoms with Crippen LogP contribution in [0.25, 0.3) is 5.69 Å². The lowest BCUT2D eigenvalue weighted by Gasteiger charge is -2.37. The fraction of sp³-hybridized carbons (Fsp3) is 0.404. The Bertz CT molecular complexity index is 2650. The van der Waals surface area contributed by atoms with Gasteiger partial charge < -0.3 is 34.9 Å². The van der Waals surface area contributed by atoms with E-state index in [4.69, 9.17) is 19.9 Å². The molecule has 2 fully saturated rings. The molecular weight excluding hydrogens is 853 g/mol. The minimum atomic E-state index is -1.19. The van der Waals surface area contributed by atoms with Crippen LogP contribution in [0.15, 0.2) is 109 Å². The quantitative estimate of drug-likeness (QED) is 0.123. The summed E-state index contributed by atoms with van der Waals surface area (Å²) in [6.45, 7) is 9.40. The fourth-order valence-electron chi connectivity index (χ4n) is 8.80. The molecule has 3 N–H and O–H groups in total. The number of ether oxygens (including phenoxy) is 3. The third-order valence-electron chi connectivity index (χ3n) is 12.5. The van der Waals surface area contributed by atoms with Crippen molar-refractivity contribution in [3.63, 3.8) is 0 Å². The maximum atomic E-state index is 15.5. The molecule has 3 aromatic carbocycles. The van der Waals surface area contributed by atoms with Crippen molar-refractivity contribution in [2.24, 2.45) is 11.7 Å². The molecule has 3 aromatic heterocycles. The van der Waals surface area contributed by atoms with Gasteiger partial charge in [0.25, 0.3) is 6.33 Å². The lowest BCUT2D eigenvalue weighted by molar-refractivity contribution is -0.753. The molecule has 6 aromatic rings. The van der Waals surface area contributed by atoms with Crippen molar-refractivity contribution in [2.75, 3.05) is 61.1 Å². The van der Waals surface area contributed by atoms with Crippen LogP contribution in [-0.2, 0) is 28.2 Å². The number of anilines is 3. The van der Waals surface area contributed by atoms with E-state index in [1.165, 1.54) is 38.9 Å². The lowest BCUT2D eigenvalue weighted by atomic mass is 9.87. The van der Waals surface area contributed by atoms with Crippen LogP contribution in [0.2, 0.25) is 0 Å². The molecule has 0 spiro atoms. The second-order valence-corrected chi connectivity index (χ2v) is 16.9. The number of halogens is 2. The van der Waals surface area contributed by atoms with Crippen molar-refractivity contribution < 1.29 is 37.5 Å². The molecule has 5 atom stereocenters. The number of aliphatic hydroxyl groups excluding tert-OH is 1. The van der Waals surface area contributed by atoms with Crippen LogP contribution in [0.5, 0.6) is 5.75 Å². The van der Waals surface area contributed by atoms with Gasteiger partial charge in [-0.25, -0.2) is 32.6 Å². The normalized spacial score (nSPS) is 18.8. The molecule has 0 bridgehead atoms. The van der Waals surface area contributed by atoms with E-state index in [0.29, 0.717) is 42.3 Å². The third-order valence-corrected chi connectivity index (χ3v) is 12.5. The molecule has 0 radical (unpaired) electrons. The topological polar surface area (TPSA) is 175 Å². The molecule has 2 aliphatic heterocycles. The number of nitrogens with zero attached hydrogens (tertiary/aromatic N) is 10. The molecule has 0 aliphatic carbocycles. The van der Waals surface area contributed by atoms with Crippen LogP contribution in [0, 0.1) is 17.6 Å². The van der Waals surface area contributed by atoms with Gasteiger partial charge in [0.1, 0.15) is 41.7 Å². The maximum absolute atomic E-state index is 15.5. The molecule has 1 amide bonds. The first-order valence-electron chi connectivity index (χ1n) is 22.1. The number of carbonyl (C=O) groups is 1. The van der Waals surface area contributed by atoms with Gasteiger partial charge in [0.15, 0.2) is 0 Å². The van der Waals surface area contributed by atoms with E-state index >= 15 is 4.39 Å². The number of hydrogen-bond acceptors (Lipinski definition) is 12. The zero-order chi connectivity index (χ0) is 46.5. The van der Waals surface area contributed by atoms with Crippen LogP contribution in [0.4, 0.5) is 30.8 Å². The van der Waals surface area contributed by atoms with E-state index in [1.54, 1.807) is 54.8 Å². The molecule has 348 valence electrons. The summed E-state index contributed by atoms with van der Waals surface area (Å²) in [5.74, 6) is -0.456. The Balaban J connectivity index is 0.855. The van der Waals surface area contributed by atoms with Crippen molar-refractivity contribution in [3.8, 4) is 11.4 Å². The second kappa shape index (κ2) is 19.8. The summed E-state index contributed by atoms with van der Waals surface area (Å²) < 4.78 is 54.1. The van der Waals surface area contributed by atoms with E-state index < -0.39 is 35.7 Å². The Labute approximate surface area is 381 Å². The molecular formula is C47H56F2N11O6+. The van der Waals surface area contributed by atoms with E-state index in [1.807, 2.05) is 55.5 Å². The van der Waals surface area contributed by atoms with Gasteiger partial charge in [-0.05, 0) is 80.4 Å². The Morgan fingerprint density at radius 3 is 2.33 bits per heavy atom. The van der Waals surface area contributed by atoms with Gasteiger partial charge in [-0.3, -0.25) is 4.90 Å². The number of nitrogens with two attached hydrogens (primary N) is 1. The smallest absolute Gasteiger partial charge is 0.418 e. The van der Waals surface area contributed by atoms with Gasteiger partial charge in [0.2, 0.25) is 12.6 Å². The van der Waals surface area contributed by atoms with E-state index in [2.05, 4.69) is 25.0 Å². The summed E-state index contributed by atoms with van der Waals surface area (Å²) in [6, 6.07) is 22.5. The summed E-state index contributed by atoms with van der Waals surface area (Å²) in [5.41, 5.74) is 8.11. The lowest BCUT2D eigenvalue weighted by Crippen LogP contribution is -2.46. The van der Waals surface area contributed by atoms with E-state index in [-0.39, 0.29) is 42.9 Å². The number of hydrogen-bond donors (Lipinski definition) is 2. The molecule has 2 aliphatic rings. The Morgan fingerprint density at radius 2 is 1.68 bits per heavy atom. The van der Waals surface area contributed by atoms with Crippen molar-refractivity contribution in [1.82, 2.24) is 29.1 Å². The number of benzene rings is 3. The number of carbonyl (C=O) groups excluding carboxylic acids is 1. The number of aromatic nitrogens is 7. The summed E-state index contributed by atoms with van der Waals surface area (Å²) in [5, 5.41) is 18.9. The molecule has 1 unspecified atom stereocenters. The van der Waals surface area contributed by atoms with E-state index in [0.717, 1.165) is 43.6 Å². The number of aliphatic hydroxyl groups is 1. The van der Waals surface area contributed by atoms with Gasteiger partial charge in [0.05, 0.1) is 31.0 Å². The summed E-state index contributed by atoms with van der Waals surface area (Å²) in [7, 11) is 1.55. The van der Waals surface area contributed by atoms with Gasteiger partial charge in [-0.15, -0.1) is 4.68 Å². The van der Waals surface area contributed by atoms with Gasteiger partial charge in [-0.2, -0.15) is 9.67 Å². The zero-order valence-electron chi connectivity index (χ0n) is 37.5. The summed E-state index contributed by atoms with van der Waals surface area (Å²) >= 11 is 0. The number of piperazine rings is 1. The predicted molar refractivity (Wildman–Crippen MR) is 241 cm³/mol. The standard InChI is InChI=1S/C47H56F2N11O6/c1-5-43(32(2)61)60-45(62)59(30-53-60)39-11-9-37(10-12-39)55-19-21-56(22-20-55)38-13-15-40(16-14-38)64-26-34-24-47(65-27-34,41-17-8-36(48)23-42(41)49)28-58-31-57(29-52-58)33(3)66-46(63)54(4)44-35(25-50)7-6-18-51-44/h6-18,23,29-34,43,61H,5,19-22,24-28,50H2,1-4H3/q+1/t32-,33?,34+,43-,47-/m0/s1. The highest BCUT2D eigenvalue weighted by molar-refractivity contribution is 5.86. The van der Waals surface area contributed by atoms with Crippen molar-refractivity contribution in [1.29, 1.82) is 0 Å². The average molecular weight is 909 g/mol. The molecule has 8 rings (SSSR count). The van der Waals surface area contributed by atoms with Crippen molar-refractivity contribution in [3.05, 3.63) is 137 Å². The number of pyridine rings is 1. The van der Waals surface area contributed by atoms with Gasteiger partial charge >= 0.3 is 11.8 Å².